The van der Waals surface area contributed by atoms with Gasteiger partial charge < -0.3 is 16.0 Å². The summed E-state index contributed by atoms with van der Waals surface area (Å²) in [6.07, 6.45) is 1.41. The lowest BCUT2D eigenvalue weighted by atomic mass is 10.1. The van der Waals surface area contributed by atoms with Gasteiger partial charge in [0, 0.05) is 17.6 Å². The number of nitrogens with zero attached hydrogens (tertiary/aromatic N) is 2. The summed E-state index contributed by atoms with van der Waals surface area (Å²) in [5.41, 5.74) is 7.62. The van der Waals surface area contributed by atoms with E-state index >= 15 is 0 Å². The number of amides is 3. The van der Waals surface area contributed by atoms with Crippen LogP contribution in [-0.2, 0) is 4.79 Å². The molecule has 3 N–H and O–H groups in total. The zero-order valence-electron chi connectivity index (χ0n) is 12.4. The van der Waals surface area contributed by atoms with Crippen LogP contribution in [0.2, 0.25) is 0 Å². The van der Waals surface area contributed by atoms with E-state index in [9.17, 15) is 9.59 Å². The number of carbonyl (C=O) groups excluding carboxylic acids is 2. The van der Waals surface area contributed by atoms with Crippen LogP contribution in [0.5, 0.6) is 0 Å². The van der Waals surface area contributed by atoms with Crippen molar-refractivity contribution in [3.05, 3.63) is 36.0 Å². The van der Waals surface area contributed by atoms with Crippen LogP contribution in [0.4, 0.5) is 10.5 Å². The van der Waals surface area contributed by atoms with Gasteiger partial charge in [0.1, 0.15) is 6.04 Å². The van der Waals surface area contributed by atoms with Crippen LogP contribution in [0.25, 0.3) is 10.9 Å². The number of carbonyl (C=O) groups is 2. The summed E-state index contributed by atoms with van der Waals surface area (Å²) in [5, 5.41) is 3.81. The Kier molecular flexibility index (Phi) is 3.66. The number of fused-ring (bicyclic) bond motifs is 1. The van der Waals surface area contributed by atoms with Gasteiger partial charge in [-0.15, -0.1) is 0 Å². The fourth-order valence-corrected chi connectivity index (χ4v) is 2.84. The van der Waals surface area contributed by atoms with Crippen LogP contribution in [0.1, 0.15) is 18.5 Å². The average molecular weight is 298 g/mol. The molecule has 6 nitrogen and oxygen atoms in total. The van der Waals surface area contributed by atoms with Crippen molar-refractivity contribution >= 4 is 28.5 Å². The molecule has 0 radical (unpaired) electrons. The molecule has 1 aliphatic rings. The van der Waals surface area contributed by atoms with E-state index in [4.69, 9.17) is 5.73 Å². The molecular formula is C16H18N4O2. The zero-order valence-corrected chi connectivity index (χ0v) is 12.4. The van der Waals surface area contributed by atoms with Crippen molar-refractivity contribution in [1.29, 1.82) is 0 Å². The van der Waals surface area contributed by atoms with Gasteiger partial charge in [-0.3, -0.25) is 9.78 Å². The number of primary amides is 1. The van der Waals surface area contributed by atoms with E-state index in [-0.39, 0.29) is 6.03 Å². The van der Waals surface area contributed by atoms with Crippen molar-refractivity contribution in [2.45, 2.75) is 25.8 Å². The molecule has 1 atom stereocenters. The molecule has 2 heterocycles. The number of nitrogens with one attached hydrogen (secondary N) is 1. The van der Waals surface area contributed by atoms with Gasteiger partial charge in [-0.05, 0) is 31.9 Å². The third-order valence-electron chi connectivity index (χ3n) is 3.94. The molecule has 0 unspecified atom stereocenters. The second kappa shape index (κ2) is 5.63. The summed E-state index contributed by atoms with van der Waals surface area (Å²) >= 11 is 0. The third kappa shape index (κ3) is 2.59. The Labute approximate surface area is 128 Å². The van der Waals surface area contributed by atoms with E-state index in [1.807, 2.05) is 37.3 Å². The minimum absolute atomic E-state index is 0.308. The SMILES string of the molecule is Cc1ccc2cccc(NC(=O)N3CCC[C@@H]3C(N)=O)c2n1. The van der Waals surface area contributed by atoms with E-state index < -0.39 is 11.9 Å². The van der Waals surface area contributed by atoms with E-state index in [0.717, 1.165) is 23.0 Å². The molecule has 1 fully saturated rings. The maximum absolute atomic E-state index is 12.4. The Balaban J connectivity index is 1.88. The van der Waals surface area contributed by atoms with Crippen LogP contribution in [0.3, 0.4) is 0 Å². The Morgan fingerprint density at radius 2 is 2.14 bits per heavy atom. The average Bonchev–Trinajstić information content (AvgIpc) is 2.97. The molecule has 1 saturated heterocycles. The summed E-state index contributed by atoms with van der Waals surface area (Å²) in [4.78, 5) is 29.8. The molecule has 1 aromatic carbocycles. The molecule has 22 heavy (non-hydrogen) atoms. The molecule has 1 aromatic heterocycles. The summed E-state index contributed by atoms with van der Waals surface area (Å²) in [7, 11) is 0. The maximum atomic E-state index is 12.4. The number of anilines is 1. The van der Waals surface area contributed by atoms with E-state index in [1.54, 1.807) is 0 Å². The fourth-order valence-electron chi connectivity index (χ4n) is 2.84. The fraction of sp³-hybridized carbons (Fsp3) is 0.312. The van der Waals surface area contributed by atoms with Crippen LogP contribution in [0.15, 0.2) is 30.3 Å². The largest absolute Gasteiger partial charge is 0.368 e. The molecule has 1 aliphatic heterocycles. The second-order valence-corrected chi connectivity index (χ2v) is 5.51. The van der Waals surface area contributed by atoms with Gasteiger partial charge in [0.15, 0.2) is 0 Å². The van der Waals surface area contributed by atoms with E-state index in [2.05, 4.69) is 10.3 Å². The van der Waals surface area contributed by atoms with Gasteiger partial charge in [0.2, 0.25) is 5.91 Å². The monoisotopic (exact) mass is 298 g/mol. The van der Waals surface area contributed by atoms with Gasteiger partial charge in [-0.25, -0.2) is 4.79 Å². The smallest absolute Gasteiger partial charge is 0.322 e. The van der Waals surface area contributed by atoms with Crippen molar-refractivity contribution in [2.24, 2.45) is 5.73 Å². The molecule has 3 amide bonds. The number of aryl methyl sites for hydroxylation is 1. The molecule has 0 saturated carbocycles. The molecule has 0 spiro atoms. The Morgan fingerprint density at radius 3 is 2.91 bits per heavy atom. The Hall–Kier alpha value is -2.63. The highest BCUT2D eigenvalue weighted by atomic mass is 16.2. The molecule has 3 rings (SSSR count). The number of pyridine rings is 1. The first-order chi connectivity index (χ1) is 10.6. The number of benzene rings is 1. The molecule has 6 heteroatoms. The minimum Gasteiger partial charge on any atom is -0.368 e. The third-order valence-corrected chi connectivity index (χ3v) is 3.94. The standard InChI is InChI=1S/C16H18N4O2/c1-10-7-8-11-4-2-5-12(14(11)18-10)19-16(22)20-9-3-6-13(20)15(17)21/h2,4-5,7-8,13H,3,6,9H2,1H3,(H2,17,21)(H,19,22)/t13-/m1/s1. The minimum atomic E-state index is -0.523. The Bertz CT molecular complexity index is 744. The number of aromatic nitrogens is 1. The predicted molar refractivity (Wildman–Crippen MR) is 84.4 cm³/mol. The lowest BCUT2D eigenvalue weighted by Gasteiger charge is -2.22. The number of rotatable bonds is 2. The molecule has 114 valence electrons. The predicted octanol–water partition coefficient (Wildman–Crippen LogP) is 2.02. The number of urea groups is 1. The van der Waals surface area contributed by atoms with Crippen molar-refractivity contribution in [1.82, 2.24) is 9.88 Å². The molecule has 0 bridgehead atoms. The zero-order chi connectivity index (χ0) is 15.7. The molecular weight excluding hydrogens is 280 g/mol. The van der Waals surface area contributed by atoms with Crippen LogP contribution >= 0.6 is 0 Å². The first-order valence-electron chi connectivity index (χ1n) is 7.29. The number of nitrogens with two attached hydrogens (primary N) is 1. The topological polar surface area (TPSA) is 88.3 Å². The summed E-state index contributed by atoms with van der Waals surface area (Å²) in [5.74, 6) is -0.459. The molecule has 2 aromatic rings. The maximum Gasteiger partial charge on any atom is 0.322 e. The normalized spacial score (nSPS) is 17.7. The quantitative estimate of drug-likeness (QED) is 0.889. The van der Waals surface area contributed by atoms with Crippen LogP contribution in [-0.4, -0.2) is 34.4 Å². The highest BCUT2D eigenvalue weighted by molar-refractivity contribution is 6.01. The number of hydrogen-bond donors (Lipinski definition) is 2. The highest BCUT2D eigenvalue weighted by Gasteiger charge is 2.32. The van der Waals surface area contributed by atoms with Crippen LogP contribution < -0.4 is 11.1 Å². The van der Waals surface area contributed by atoms with Gasteiger partial charge >= 0.3 is 6.03 Å². The van der Waals surface area contributed by atoms with E-state index in [0.29, 0.717) is 18.7 Å². The summed E-state index contributed by atoms with van der Waals surface area (Å²) in [6, 6.07) is 8.68. The van der Waals surface area contributed by atoms with Gasteiger partial charge in [-0.2, -0.15) is 0 Å². The molecule has 0 aliphatic carbocycles. The first-order valence-corrected chi connectivity index (χ1v) is 7.29. The van der Waals surface area contributed by atoms with Crippen LogP contribution in [0, 0.1) is 6.92 Å². The van der Waals surface area contributed by atoms with Crippen molar-refractivity contribution < 1.29 is 9.59 Å². The Morgan fingerprint density at radius 1 is 1.32 bits per heavy atom. The summed E-state index contributed by atoms with van der Waals surface area (Å²) in [6.45, 7) is 2.44. The lowest BCUT2D eigenvalue weighted by Crippen LogP contribution is -2.45. The van der Waals surface area contributed by atoms with Crippen molar-refractivity contribution in [3.8, 4) is 0 Å². The van der Waals surface area contributed by atoms with Gasteiger partial charge in [-0.1, -0.05) is 18.2 Å². The number of likely N-dealkylation sites (tertiary alicyclic amines) is 1. The first kappa shape index (κ1) is 14.3. The van der Waals surface area contributed by atoms with Gasteiger partial charge in [0.25, 0.3) is 0 Å². The second-order valence-electron chi connectivity index (χ2n) is 5.51. The summed E-state index contributed by atoms with van der Waals surface area (Å²) < 4.78 is 0. The lowest BCUT2D eigenvalue weighted by molar-refractivity contribution is -0.121. The van der Waals surface area contributed by atoms with Crippen molar-refractivity contribution in [2.75, 3.05) is 11.9 Å². The number of para-hydroxylation sites is 1. The van der Waals surface area contributed by atoms with E-state index in [1.165, 1.54) is 4.90 Å². The van der Waals surface area contributed by atoms with Crippen molar-refractivity contribution in [3.63, 3.8) is 0 Å². The van der Waals surface area contributed by atoms with Gasteiger partial charge in [0.05, 0.1) is 11.2 Å². The highest BCUT2D eigenvalue weighted by Crippen LogP contribution is 2.24. The number of hydrogen-bond acceptors (Lipinski definition) is 3.